The molecule has 1 heterocycles. The van der Waals surface area contributed by atoms with Crippen LogP contribution < -0.4 is 5.32 Å². The maximum Gasteiger partial charge on any atom is 0.0247 e. The average molecular weight is 182 g/mol. The van der Waals surface area contributed by atoms with E-state index in [1.165, 1.54) is 32.5 Å². The van der Waals surface area contributed by atoms with Crippen LogP contribution in [0.3, 0.4) is 0 Å². The van der Waals surface area contributed by atoms with Crippen molar-refractivity contribution in [3.8, 4) is 0 Å². The van der Waals surface area contributed by atoms with Gasteiger partial charge in [0.1, 0.15) is 0 Å². The van der Waals surface area contributed by atoms with E-state index in [1.54, 1.807) is 0 Å². The van der Waals surface area contributed by atoms with Gasteiger partial charge in [-0.15, -0.1) is 6.58 Å². The van der Waals surface area contributed by atoms with Gasteiger partial charge in [-0.3, -0.25) is 4.90 Å². The first-order valence-corrected chi connectivity index (χ1v) is 5.29. The Bertz CT molecular complexity index is 148. The minimum atomic E-state index is 0.551. The van der Waals surface area contributed by atoms with Gasteiger partial charge in [-0.05, 0) is 52.4 Å². The van der Waals surface area contributed by atoms with E-state index in [0.717, 1.165) is 5.92 Å². The topological polar surface area (TPSA) is 15.3 Å². The summed E-state index contributed by atoms with van der Waals surface area (Å²) < 4.78 is 0. The summed E-state index contributed by atoms with van der Waals surface area (Å²) in [5, 5.41) is 3.26. The Kier molecular flexibility index (Phi) is 4.46. The van der Waals surface area contributed by atoms with E-state index >= 15 is 0 Å². The summed E-state index contributed by atoms with van der Waals surface area (Å²) in [7, 11) is 2.04. The zero-order valence-electron chi connectivity index (χ0n) is 8.92. The highest BCUT2D eigenvalue weighted by atomic mass is 15.2. The summed E-state index contributed by atoms with van der Waals surface area (Å²) in [6, 6.07) is 0.551. The van der Waals surface area contributed by atoms with Gasteiger partial charge in [-0.2, -0.15) is 0 Å². The molecule has 0 aromatic heterocycles. The van der Waals surface area contributed by atoms with Crippen LogP contribution in [0.2, 0.25) is 0 Å². The third-order valence-corrected chi connectivity index (χ3v) is 3.06. The molecule has 0 aliphatic carbocycles. The molecule has 76 valence electrons. The molecule has 0 saturated carbocycles. The quantitative estimate of drug-likeness (QED) is 0.663. The van der Waals surface area contributed by atoms with Gasteiger partial charge in [0.25, 0.3) is 0 Å². The lowest BCUT2D eigenvalue weighted by atomic mass is 9.96. The maximum atomic E-state index is 3.84. The van der Waals surface area contributed by atoms with Crippen molar-refractivity contribution < 1.29 is 0 Å². The van der Waals surface area contributed by atoms with Crippen molar-refractivity contribution in [1.82, 2.24) is 10.2 Å². The average Bonchev–Trinajstić information content (AvgIpc) is 2.18. The van der Waals surface area contributed by atoms with Crippen LogP contribution >= 0.6 is 0 Å². The molecule has 1 aliphatic heterocycles. The molecule has 0 radical (unpaired) electrons. The van der Waals surface area contributed by atoms with Gasteiger partial charge in [-0.25, -0.2) is 0 Å². The number of hydrogen-bond acceptors (Lipinski definition) is 2. The number of nitrogens with zero attached hydrogens (tertiary/aromatic N) is 1. The van der Waals surface area contributed by atoms with Crippen molar-refractivity contribution in [3.63, 3.8) is 0 Å². The first kappa shape index (κ1) is 10.7. The lowest BCUT2D eigenvalue weighted by Gasteiger charge is -2.34. The highest BCUT2D eigenvalue weighted by Gasteiger charge is 2.20. The van der Waals surface area contributed by atoms with Gasteiger partial charge in [0.15, 0.2) is 0 Å². The fourth-order valence-electron chi connectivity index (χ4n) is 2.00. The highest BCUT2D eigenvalue weighted by Crippen LogP contribution is 2.18. The third kappa shape index (κ3) is 3.12. The van der Waals surface area contributed by atoms with Gasteiger partial charge in [0.05, 0.1) is 0 Å². The summed E-state index contributed by atoms with van der Waals surface area (Å²) in [5.74, 6) is 0.887. The molecule has 0 aromatic carbocycles. The second-order valence-corrected chi connectivity index (χ2v) is 4.01. The molecule has 1 aliphatic rings. The third-order valence-electron chi connectivity index (χ3n) is 3.06. The smallest absolute Gasteiger partial charge is 0.0247 e. The molecular weight excluding hydrogens is 160 g/mol. The van der Waals surface area contributed by atoms with Crippen molar-refractivity contribution in [2.24, 2.45) is 5.92 Å². The Morgan fingerprint density at radius 3 is 2.62 bits per heavy atom. The van der Waals surface area contributed by atoms with E-state index in [2.05, 4.69) is 23.7 Å². The lowest BCUT2D eigenvalue weighted by Crippen LogP contribution is -2.40. The summed E-state index contributed by atoms with van der Waals surface area (Å²) in [4.78, 5) is 2.51. The fraction of sp³-hybridized carbons (Fsp3) is 0.818. The monoisotopic (exact) mass is 182 g/mol. The van der Waals surface area contributed by atoms with Crippen molar-refractivity contribution in [1.29, 1.82) is 0 Å². The maximum absolute atomic E-state index is 3.84. The van der Waals surface area contributed by atoms with E-state index in [9.17, 15) is 0 Å². The predicted molar refractivity (Wildman–Crippen MR) is 57.9 cm³/mol. The van der Waals surface area contributed by atoms with Crippen LogP contribution in [0.25, 0.3) is 0 Å². The Balaban J connectivity index is 2.26. The molecule has 1 fully saturated rings. The van der Waals surface area contributed by atoms with Crippen molar-refractivity contribution >= 4 is 0 Å². The summed E-state index contributed by atoms with van der Waals surface area (Å²) in [5.41, 5.74) is 0. The van der Waals surface area contributed by atoms with Gasteiger partial charge >= 0.3 is 0 Å². The number of likely N-dealkylation sites (tertiary alicyclic amines) is 1. The molecule has 2 nitrogen and oxygen atoms in total. The molecular formula is C11H22N2. The summed E-state index contributed by atoms with van der Waals surface area (Å²) in [6.07, 6.45) is 4.70. The number of hydrogen-bond donors (Lipinski definition) is 1. The van der Waals surface area contributed by atoms with E-state index in [1.807, 2.05) is 13.1 Å². The molecule has 0 bridgehead atoms. The van der Waals surface area contributed by atoms with Crippen LogP contribution in [-0.4, -0.2) is 37.6 Å². The molecule has 13 heavy (non-hydrogen) atoms. The van der Waals surface area contributed by atoms with Gasteiger partial charge < -0.3 is 5.32 Å². The second kappa shape index (κ2) is 5.40. The van der Waals surface area contributed by atoms with Crippen LogP contribution in [0, 0.1) is 5.92 Å². The normalized spacial score (nSPS) is 22.9. The minimum Gasteiger partial charge on any atom is -0.319 e. The molecule has 0 aromatic rings. The van der Waals surface area contributed by atoms with Crippen LogP contribution in [-0.2, 0) is 0 Å². The lowest BCUT2D eigenvalue weighted by molar-refractivity contribution is 0.162. The van der Waals surface area contributed by atoms with Crippen LogP contribution in [0.4, 0.5) is 0 Å². The molecule has 1 saturated heterocycles. The molecule has 0 spiro atoms. The first-order chi connectivity index (χ1) is 6.27. The number of rotatable bonds is 4. The number of piperidine rings is 1. The Labute approximate surface area is 82.0 Å². The van der Waals surface area contributed by atoms with Crippen molar-refractivity contribution in [2.75, 3.05) is 26.7 Å². The zero-order chi connectivity index (χ0) is 9.68. The second-order valence-electron chi connectivity index (χ2n) is 4.01. The predicted octanol–water partition coefficient (Wildman–Crippen LogP) is 1.49. The highest BCUT2D eigenvalue weighted by molar-refractivity contribution is 4.86. The molecule has 0 amide bonds. The van der Waals surface area contributed by atoms with Crippen LogP contribution in [0.15, 0.2) is 12.7 Å². The van der Waals surface area contributed by atoms with Gasteiger partial charge in [0.2, 0.25) is 0 Å². The van der Waals surface area contributed by atoms with E-state index < -0.39 is 0 Å². The van der Waals surface area contributed by atoms with Gasteiger partial charge in [-0.1, -0.05) is 6.08 Å². The molecule has 2 heteroatoms. The van der Waals surface area contributed by atoms with E-state index in [0.29, 0.717) is 6.04 Å². The molecule has 1 atom stereocenters. The number of nitrogens with one attached hydrogen (secondary N) is 1. The Morgan fingerprint density at radius 1 is 1.54 bits per heavy atom. The molecule has 1 unspecified atom stereocenters. The SMILES string of the molecule is C=CC(C)N1CCC(CNC)CC1. The van der Waals surface area contributed by atoms with E-state index in [4.69, 9.17) is 0 Å². The first-order valence-electron chi connectivity index (χ1n) is 5.29. The standard InChI is InChI=1S/C11H22N2/c1-4-10(2)13-7-5-11(6-8-13)9-12-3/h4,10-12H,1,5-9H2,2-3H3. The van der Waals surface area contributed by atoms with Gasteiger partial charge in [0, 0.05) is 6.04 Å². The van der Waals surface area contributed by atoms with Crippen molar-refractivity contribution in [2.45, 2.75) is 25.8 Å². The van der Waals surface area contributed by atoms with Crippen molar-refractivity contribution in [3.05, 3.63) is 12.7 Å². The van der Waals surface area contributed by atoms with Crippen LogP contribution in [0.1, 0.15) is 19.8 Å². The largest absolute Gasteiger partial charge is 0.319 e. The zero-order valence-corrected chi connectivity index (χ0v) is 8.92. The Morgan fingerprint density at radius 2 is 2.15 bits per heavy atom. The fourth-order valence-corrected chi connectivity index (χ4v) is 2.00. The van der Waals surface area contributed by atoms with Crippen LogP contribution in [0.5, 0.6) is 0 Å². The Hall–Kier alpha value is -0.340. The molecule has 1 rings (SSSR count). The summed E-state index contributed by atoms with van der Waals surface area (Å²) in [6.45, 7) is 9.71. The van der Waals surface area contributed by atoms with E-state index in [-0.39, 0.29) is 0 Å². The minimum absolute atomic E-state index is 0.551. The summed E-state index contributed by atoms with van der Waals surface area (Å²) >= 11 is 0. The molecule has 1 N–H and O–H groups in total.